The average Bonchev–Trinajstić information content (AvgIpc) is 2.84. The Morgan fingerprint density at radius 3 is 2.44 bits per heavy atom. The summed E-state index contributed by atoms with van der Waals surface area (Å²) in [5.41, 5.74) is 1.97. The van der Waals surface area contributed by atoms with Crippen LogP contribution in [0.5, 0.6) is 5.75 Å². The molecule has 0 radical (unpaired) electrons. The van der Waals surface area contributed by atoms with Gasteiger partial charge in [0, 0.05) is 17.6 Å². The van der Waals surface area contributed by atoms with E-state index in [1.165, 1.54) is 12.0 Å². The number of carbonyl (C=O) groups is 2. The summed E-state index contributed by atoms with van der Waals surface area (Å²) in [4.78, 5) is 28.5. The van der Waals surface area contributed by atoms with Gasteiger partial charge in [-0.2, -0.15) is 0 Å². The van der Waals surface area contributed by atoms with E-state index in [-0.39, 0.29) is 36.4 Å². The van der Waals surface area contributed by atoms with Crippen LogP contribution in [0.3, 0.4) is 0 Å². The van der Waals surface area contributed by atoms with Crippen LogP contribution < -0.4 is 10.1 Å². The molecule has 5 nitrogen and oxygen atoms in total. The van der Waals surface area contributed by atoms with E-state index in [1.807, 2.05) is 43.3 Å². The number of hydrogen-bond acceptors (Lipinski definition) is 3. The van der Waals surface area contributed by atoms with Gasteiger partial charge in [-0.25, -0.2) is 0 Å². The van der Waals surface area contributed by atoms with Crippen LogP contribution in [-0.2, 0) is 21.5 Å². The lowest BCUT2D eigenvalue weighted by molar-refractivity contribution is -0.143. The van der Waals surface area contributed by atoms with Crippen molar-refractivity contribution in [3.8, 4) is 5.75 Å². The Balaban J connectivity index is 1.78. The predicted molar refractivity (Wildman–Crippen MR) is 149 cm³/mol. The quantitative estimate of drug-likeness (QED) is 0.348. The molecule has 2 aromatic rings. The number of halogens is 2. The van der Waals surface area contributed by atoms with Crippen LogP contribution in [0.4, 0.5) is 0 Å². The molecule has 7 heteroatoms. The third kappa shape index (κ3) is 7.72. The van der Waals surface area contributed by atoms with Crippen molar-refractivity contribution in [2.75, 3.05) is 6.61 Å². The van der Waals surface area contributed by atoms with Crippen molar-refractivity contribution < 1.29 is 14.3 Å². The first-order chi connectivity index (χ1) is 17.1. The topological polar surface area (TPSA) is 58.6 Å². The van der Waals surface area contributed by atoms with Crippen molar-refractivity contribution in [3.05, 3.63) is 63.1 Å². The second kappa shape index (κ2) is 13.0. The highest BCUT2D eigenvalue weighted by Gasteiger charge is 2.31. The molecule has 2 aromatic carbocycles. The van der Waals surface area contributed by atoms with Crippen LogP contribution >= 0.6 is 27.5 Å². The summed E-state index contributed by atoms with van der Waals surface area (Å²) in [5.74, 6) is 0.224. The Labute approximate surface area is 229 Å². The number of rotatable bonds is 9. The molecule has 0 aromatic heterocycles. The minimum absolute atomic E-state index is 0.00264. The van der Waals surface area contributed by atoms with E-state index >= 15 is 0 Å². The summed E-state index contributed by atoms with van der Waals surface area (Å²) in [6, 6.07) is 12.9. The van der Waals surface area contributed by atoms with E-state index in [2.05, 4.69) is 42.0 Å². The average molecular weight is 578 g/mol. The molecule has 1 N–H and O–H groups in total. The number of carbonyl (C=O) groups excluding carboxylic acids is 2. The van der Waals surface area contributed by atoms with Crippen molar-refractivity contribution in [2.45, 2.75) is 90.3 Å². The predicted octanol–water partition coefficient (Wildman–Crippen LogP) is 7.04. The van der Waals surface area contributed by atoms with Crippen LogP contribution in [0.15, 0.2) is 46.9 Å². The molecule has 0 heterocycles. The molecule has 3 rings (SSSR count). The zero-order valence-electron chi connectivity index (χ0n) is 21.8. The Morgan fingerprint density at radius 2 is 1.83 bits per heavy atom. The molecular weight excluding hydrogens is 540 g/mol. The molecule has 0 aliphatic heterocycles. The van der Waals surface area contributed by atoms with Gasteiger partial charge >= 0.3 is 0 Å². The molecule has 1 atom stereocenters. The third-order valence-corrected chi connectivity index (χ3v) is 7.77. The maximum atomic E-state index is 13.5. The molecule has 0 saturated heterocycles. The normalized spacial score (nSPS) is 15.3. The lowest BCUT2D eigenvalue weighted by atomic mass is 9.87. The molecule has 0 bridgehead atoms. The van der Waals surface area contributed by atoms with Crippen LogP contribution in [0.1, 0.15) is 77.3 Å². The molecule has 1 fully saturated rings. The van der Waals surface area contributed by atoms with Crippen LogP contribution in [0.25, 0.3) is 0 Å². The second-order valence-electron chi connectivity index (χ2n) is 10.6. The van der Waals surface area contributed by atoms with Gasteiger partial charge in [-0.15, -0.1) is 0 Å². The van der Waals surface area contributed by atoms with Gasteiger partial charge in [-0.1, -0.05) is 82.8 Å². The number of benzene rings is 2. The highest BCUT2D eigenvalue weighted by molar-refractivity contribution is 9.10. The Kier molecular flexibility index (Phi) is 10.3. The van der Waals surface area contributed by atoms with Crippen molar-refractivity contribution in [2.24, 2.45) is 0 Å². The molecule has 0 unspecified atom stereocenters. The molecule has 1 saturated carbocycles. The first-order valence-corrected chi connectivity index (χ1v) is 14.0. The number of nitrogens with zero attached hydrogens (tertiary/aromatic N) is 1. The van der Waals surface area contributed by atoms with Gasteiger partial charge in [0.1, 0.15) is 11.8 Å². The summed E-state index contributed by atoms with van der Waals surface area (Å²) >= 11 is 10.0. The van der Waals surface area contributed by atoms with E-state index in [0.717, 1.165) is 35.7 Å². The molecule has 1 aliphatic rings. The van der Waals surface area contributed by atoms with Crippen molar-refractivity contribution in [1.82, 2.24) is 10.2 Å². The molecule has 196 valence electrons. The summed E-state index contributed by atoms with van der Waals surface area (Å²) in [5, 5.41) is 3.76. The maximum Gasteiger partial charge on any atom is 0.261 e. The van der Waals surface area contributed by atoms with Gasteiger partial charge < -0.3 is 15.0 Å². The monoisotopic (exact) mass is 576 g/mol. The largest absolute Gasteiger partial charge is 0.483 e. The summed E-state index contributed by atoms with van der Waals surface area (Å²) in [6.45, 7) is 8.44. The zero-order valence-corrected chi connectivity index (χ0v) is 24.1. The van der Waals surface area contributed by atoms with Crippen molar-refractivity contribution >= 4 is 39.3 Å². The molecule has 0 spiro atoms. The van der Waals surface area contributed by atoms with Crippen LogP contribution in [0.2, 0.25) is 5.02 Å². The standard InChI is InChI=1S/C29H38BrClN2O3/c1-5-25(28(35)32-22-12-7-6-8-13-22)33(18-20-11-9-10-14-24(20)31)27(34)19-36-26-16-15-21(17-23(26)30)29(2,3)4/h9-11,14-17,22,25H,5-8,12-13,18-19H2,1-4H3,(H,32,35)/t25-/m0/s1. The Bertz CT molecular complexity index is 1050. The fourth-order valence-corrected chi connectivity index (χ4v) is 5.27. The smallest absolute Gasteiger partial charge is 0.261 e. The summed E-state index contributed by atoms with van der Waals surface area (Å²) in [6.07, 6.45) is 5.94. The van der Waals surface area contributed by atoms with Crippen LogP contribution in [-0.4, -0.2) is 35.4 Å². The van der Waals surface area contributed by atoms with E-state index in [1.54, 1.807) is 11.0 Å². The number of ether oxygens (including phenoxy) is 1. The fourth-order valence-electron chi connectivity index (χ4n) is 4.58. The SMILES string of the molecule is CC[C@@H](C(=O)NC1CCCCC1)N(Cc1ccccc1Cl)C(=O)COc1ccc(C(C)(C)C)cc1Br. The third-order valence-electron chi connectivity index (χ3n) is 6.79. The van der Waals surface area contributed by atoms with E-state index in [9.17, 15) is 9.59 Å². The number of hydrogen-bond donors (Lipinski definition) is 1. The van der Waals surface area contributed by atoms with E-state index < -0.39 is 6.04 Å². The Hall–Kier alpha value is -2.05. The zero-order chi connectivity index (χ0) is 26.3. The summed E-state index contributed by atoms with van der Waals surface area (Å²) < 4.78 is 6.73. The fraction of sp³-hybridized carbons (Fsp3) is 0.517. The summed E-state index contributed by atoms with van der Waals surface area (Å²) in [7, 11) is 0. The second-order valence-corrected chi connectivity index (χ2v) is 11.8. The van der Waals surface area contributed by atoms with Gasteiger partial charge in [-0.05, 0) is 69.9 Å². The van der Waals surface area contributed by atoms with Gasteiger partial charge in [0.25, 0.3) is 5.91 Å². The van der Waals surface area contributed by atoms with Gasteiger partial charge in [0.15, 0.2) is 6.61 Å². The molecule has 36 heavy (non-hydrogen) atoms. The lowest BCUT2D eigenvalue weighted by Gasteiger charge is -2.33. The van der Waals surface area contributed by atoms with Gasteiger partial charge in [-0.3, -0.25) is 9.59 Å². The number of nitrogens with one attached hydrogen (secondary N) is 1. The van der Waals surface area contributed by atoms with Gasteiger partial charge in [0.2, 0.25) is 5.91 Å². The molecule has 2 amide bonds. The highest BCUT2D eigenvalue weighted by Crippen LogP contribution is 2.31. The maximum absolute atomic E-state index is 13.5. The van der Waals surface area contributed by atoms with Crippen molar-refractivity contribution in [1.29, 1.82) is 0 Å². The molecule has 1 aliphatic carbocycles. The Morgan fingerprint density at radius 1 is 1.14 bits per heavy atom. The minimum Gasteiger partial charge on any atom is -0.483 e. The number of amides is 2. The first-order valence-electron chi connectivity index (χ1n) is 12.9. The minimum atomic E-state index is -0.606. The van der Waals surface area contributed by atoms with Crippen molar-refractivity contribution in [3.63, 3.8) is 0 Å². The molecular formula is C29H38BrClN2O3. The lowest BCUT2D eigenvalue weighted by Crippen LogP contribution is -2.52. The van der Waals surface area contributed by atoms with Crippen LogP contribution in [0, 0.1) is 0 Å². The van der Waals surface area contributed by atoms with Gasteiger partial charge in [0.05, 0.1) is 4.47 Å². The highest BCUT2D eigenvalue weighted by atomic mass is 79.9. The van der Waals surface area contributed by atoms with E-state index in [4.69, 9.17) is 16.3 Å². The first kappa shape index (κ1) is 28.5. The van der Waals surface area contributed by atoms with E-state index in [0.29, 0.717) is 17.2 Å².